The van der Waals surface area contributed by atoms with Gasteiger partial charge in [-0.25, -0.2) is 4.39 Å². The molecule has 0 radical (unpaired) electrons. The molecule has 0 aromatic heterocycles. The van der Waals surface area contributed by atoms with E-state index in [0.29, 0.717) is 12.4 Å². The summed E-state index contributed by atoms with van der Waals surface area (Å²) in [7, 11) is 0. The van der Waals surface area contributed by atoms with Crippen molar-refractivity contribution in [3.63, 3.8) is 0 Å². The van der Waals surface area contributed by atoms with Crippen molar-refractivity contribution in [1.82, 2.24) is 4.90 Å². The van der Waals surface area contributed by atoms with E-state index in [2.05, 4.69) is 4.90 Å². The van der Waals surface area contributed by atoms with E-state index in [1.165, 1.54) is 30.7 Å². The zero-order valence-corrected chi connectivity index (χ0v) is 20.2. The van der Waals surface area contributed by atoms with Crippen molar-refractivity contribution in [2.45, 2.75) is 29.1 Å². The second-order valence-electron chi connectivity index (χ2n) is 8.36. The van der Waals surface area contributed by atoms with Gasteiger partial charge in [0, 0.05) is 6.54 Å². The predicted molar refractivity (Wildman–Crippen MR) is 133 cm³/mol. The molecule has 5 nitrogen and oxygen atoms in total. The number of nitrogens with zero attached hydrogens (tertiary/aromatic N) is 1. The molecule has 0 amide bonds. The van der Waals surface area contributed by atoms with E-state index in [1.807, 2.05) is 36.4 Å². The summed E-state index contributed by atoms with van der Waals surface area (Å²) in [4.78, 5) is 2.70. The highest BCUT2D eigenvalue weighted by molar-refractivity contribution is 7.99. The predicted octanol–water partition coefficient (Wildman–Crippen LogP) is 6.10. The highest BCUT2D eigenvalue weighted by atomic mass is 35.5. The maximum absolute atomic E-state index is 14.6. The van der Waals surface area contributed by atoms with E-state index in [9.17, 15) is 14.6 Å². The lowest BCUT2D eigenvalue weighted by Gasteiger charge is -2.34. The van der Waals surface area contributed by atoms with Crippen LogP contribution in [0.5, 0.6) is 23.0 Å². The molecule has 2 heterocycles. The molecule has 0 saturated carbocycles. The summed E-state index contributed by atoms with van der Waals surface area (Å²) in [5, 5.41) is 19.3. The molecule has 0 bridgehead atoms. The smallest absolute Gasteiger partial charge is 0.182 e. The van der Waals surface area contributed by atoms with Gasteiger partial charge in [0.2, 0.25) is 0 Å². The number of likely N-dealkylation sites (tertiary alicyclic amines) is 1. The van der Waals surface area contributed by atoms with Gasteiger partial charge < -0.3 is 19.7 Å². The Morgan fingerprint density at radius 1 is 0.941 bits per heavy atom. The van der Waals surface area contributed by atoms with Gasteiger partial charge in [0.15, 0.2) is 11.6 Å². The standard InChI is InChI=1S/C26H26FNO4S.ClH/c27-23-21(30)11-12-22-26(23)33-25(18-3-7-19(29)8-4-18)24(32-22)17-5-9-20(10-6-17)31-16-15-28-13-1-2-14-28;/h3-12,24-25,29-30H,1-2,13-16H2;1H/t24-,25+;/m0./s1. The number of thioether (sulfide) groups is 1. The average molecular weight is 504 g/mol. The van der Waals surface area contributed by atoms with Gasteiger partial charge in [-0.05, 0) is 73.5 Å². The van der Waals surface area contributed by atoms with Crippen molar-refractivity contribution in [2.75, 3.05) is 26.2 Å². The van der Waals surface area contributed by atoms with E-state index < -0.39 is 11.6 Å². The molecule has 34 heavy (non-hydrogen) atoms. The molecule has 2 atom stereocenters. The fraction of sp³-hybridized carbons (Fsp3) is 0.308. The minimum absolute atomic E-state index is 0. The Morgan fingerprint density at radius 2 is 1.62 bits per heavy atom. The number of phenolic OH excluding ortho intramolecular Hbond substituents is 2. The van der Waals surface area contributed by atoms with Gasteiger partial charge in [-0.15, -0.1) is 24.2 Å². The third-order valence-electron chi connectivity index (χ3n) is 6.12. The third-order valence-corrected chi connectivity index (χ3v) is 7.51. The number of rotatable bonds is 6. The van der Waals surface area contributed by atoms with Crippen LogP contribution in [0.3, 0.4) is 0 Å². The van der Waals surface area contributed by atoms with Gasteiger partial charge in [0.1, 0.15) is 30.0 Å². The van der Waals surface area contributed by atoms with Gasteiger partial charge >= 0.3 is 0 Å². The van der Waals surface area contributed by atoms with E-state index in [1.54, 1.807) is 18.2 Å². The minimum Gasteiger partial charge on any atom is -0.508 e. The van der Waals surface area contributed by atoms with Crippen LogP contribution < -0.4 is 9.47 Å². The highest BCUT2D eigenvalue weighted by Gasteiger charge is 2.35. The lowest BCUT2D eigenvalue weighted by Crippen LogP contribution is -2.25. The van der Waals surface area contributed by atoms with Gasteiger partial charge in [0.05, 0.1) is 10.1 Å². The second-order valence-corrected chi connectivity index (χ2v) is 9.51. The zero-order valence-electron chi connectivity index (χ0n) is 18.5. The maximum Gasteiger partial charge on any atom is 0.182 e. The van der Waals surface area contributed by atoms with Gasteiger partial charge in [-0.3, -0.25) is 4.90 Å². The van der Waals surface area contributed by atoms with Crippen molar-refractivity contribution in [3.05, 3.63) is 77.6 Å². The molecule has 180 valence electrons. The van der Waals surface area contributed by atoms with Crippen LogP contribution in [0, 0.1) is 5.82 Å². The molecular formula is C26H27ClFNO4S. The van der Waals surface area contributed by atoms with E-state index in [-0.39, 0.29) is 34.4 Å². The fourth-order valence-electron chi connectivity index (χ4n) is 4.32. The van der Waals surface area contributed by atoms with Gasteiger partial charge in [-0.1, -0.05) is 24.3 Å². The van der Waals surface area contributed by atoms with Crippen LogP contribution in [0.4, 0.5) is 4.39 Å². The number of phenols is 2. The number of aromatic hydroxyl groups is 2. The monoisotopic (exact) mass is 503 g/mol. The molecule has 5 rings (SSSR count). The molecule has 0 unspecified atom stereocenters. The molecule has 0 spiro atoms. The summed E-state index contributed by atoms with van der Waals surface area (Å²) in [6, 6.07) is 17.6. The Labute approximate surface area is 208 Å². The number of ether oxygens (including phenoxy) is 2. The Bertz CT molecular complexity index is 1110. The summed E-state index contributed by atoms with van der Waals surface area (Å²) in [6.07, 6.45) is 2.15. The van der Waals surface area contributed by atoms with Gasteiger partial charge in [0.25, 0.3) is 0 Å². The summed E-state index contributed by atoms with van der Waals surface area (Å²) in [6.45, 7) is 3.89. The fourth-order valence-corrected chi connectivity index (χ4v) is 5.64. The first-order chi connectivity index (χ1) is 16.1. The Hall–Kier alpha value is -2.61. The van der Waals surface area contributed by atoms with Crippen molar-refractivity contribution in [2.24, 2.45) is 0 Å². The molecule has 2 aliphatic rings. The maximum atomic E-state index is 14.6. The van der Waals surface area contributed by atoms with Crippen molar-refractivity contribution >= 4 is 24.2 Å². The topological polar surface area (TPSA) is 62.2 Å². The Kier molecular flexibility index (Phi) is 7.76. The van der Waals surface area contributed by atoms with Crippen LogP contribution >= 0.6 is 24.2 Å². The van der Waals surface area contributed by atoms with Crippen LogP contribution in [0.1, 0.15) is 35.3 Å². The van der Waals surface area contributed by atoms with E-state index in [0.717, 1.165) is 36.5 Å². The van der Waals surface area contributed by atoms with Crippen LogP contribution in [0.2, 0.25) is 0 Å². The summed E-state index contributed by atoms with van der Waals surface area (Å²) in [5.74, 6) is 0.293. The summed E-state index contributed by atoms with van der Waals surface area (Å²) in [5.41, 5.74) is 1.83. The molecule has 1 fully saturated rings. The van der Waals surface area contributed by atoms with Crippen LogP contribution in [-0.2, 0) is 0 Å². The third kappa shape index (κ3) is 5.22. The van der Waals surface area contributed by atoms with Crippen molar-refractivity contribution < 1.29 is 24.1 Å². The summed E-state index contributed by atoms with van der Waals surface area (Å²) < 4.78 is 26.8. The molecule has 1 saturated heterocycles. The Morgan fingerprint density at radius 3 is 2.32 bits per heavy atom. The number of hydrogen-bond donors (Lipinski definition) is 2. The molecule has 2 N–H and O–H groups in total. The first kappa shape index (κ1) is 24.5. The number of fused-ring (bicyclic) bond motifs is 1. The van der Waals surface area contributed by atoms with Crippen molar-refractivity contribution in [1.29, 1.82) is 0 Å². The second kappa shape index (κ2) is 10.8. The number of hydrogen-bond acceptors (Lipinski definition) is 6. The molecule has 3 aromatic rings. The number of benzene rings is 3. The molecule has 0 aliphatic carbocycles. The van der Waals surface area contributed by atoms with Crippen LogP contribution in [0.15, 0.2) is 65.6 Å². The summed E-state index contributed by atoms with van der Waals surface area (Å²) >= 11 is 1.31. The molecule has 3 aromatic carbocycles. The zero-order chi connectivity index (χ0) is 22.8. The van der Waals surface area contributed by atoms with E-state index in [4.69, 9.17) is 9.47 Å². The highest BCUT2D eigenvalue weighted by Crippen LogP contribution is 2.55. The minimum atomic E-state index is -0.679. The first-order valence-electron chi connectivity index (χ1n) is 11.2. The lowest BCUT2D eigenvalue weighted by molar-refractivity contribution is 0.187. The van der Waals surface area contributed by atoms with Crippen LogP contribution in [0.25, 0.3) is 0 Å². The van der Waals surface area contributed by atoms with E-state index >= 15 is 0 Å². The lowest BCUT2D eigenvalue weighted by atomic mass is 10.00. The molecular weight excluding hydrogens is 477 g/mol. The largest absolute Gasteiger partial charge is 0.508 e. The van der Waals surface area contributed by atoms with Crippen molar-refractivity contribution in [3.8, 4) is 23.0 Å². The first-order valence-corrected chi connectivity index (χ1v) is 12.1. The van der Waals surface area contributed by atoms with Gasteiger partial charge in [-0.2, -0.15) is 0 Å². The normalized spacial score (nSPS) is 19.7. The SMILES string of the molecule is Cl.Oc1ccc([C@H]2Sc3c(ccc(O)c3F)O[C@H]2c2ccc(OCCN3CCCC3)cc2)cc1. The number of halogens is 2. The molecule has 2 aliphatic heterocycles. The molecule has 8 heteroatoms. The quantitative estimate of drug-likeness (QED) is 0.424. The average Bonchev–Trinajstić information content (AvgIpc) is 3.36. The Balaban J connectivity index is 0.00000274. The van der Waals surface area contributed by atoms with Crippen LogP contribution in [-0.4, -0.2) is 41.4 Å².